The largest absolute Gasteiger partial charge is 0.492 e. The number of nitriles is 1. The van der Waals surface area contributed by atoms with Crippen LogP contribution in [0, 0.1) is 29.0 Å². The molecule has 0 fully saturated rings. The van der Waals surface area contributed by atoms with Crippen molar-refractivity contribution in [3.8, 4) is 40.5 Å². The number of nitrogens with one attached hydrogen (secondary N) is 4. The molecule has 328 valence electrons. The third-order valence-electron chi connectivity index (χ3n) is 9.95. The standard InChI is InChI=1S/C46H50FN9O7/c1-28-42(57)55-38(44(59)52-21-18-49)26-31-11-14-39(62-22-19-50)34(24-31)35-27-32(12-15-40(35)63-23-20-51)41(45(60)53-28)56(2)46(61)37(16-17-48)54-43(58)33-13-10-30(25-36(33)47)9-8-29-6-4-3-5-7-29/h3-7,10-15,24-25,27-28,37-38,41H,16-17,19-23,26,48,50-51H2,1-2H3,(H,52,59)(H,53,60)(H,54,58)(H,55,57)/t28-,37+,38+,41+/m1/s1. The van der Waals surface area contributed by atoms with Crippen molar-refractivity contribution >= 4 is 29.5 Å². The number of hydrogen-bond donors (Lipinski definition) is 7. The second-order valence-corrected chi connectivity index (χ2v) is 14.5. The molecule has 0 spiro atoms. The molecule has 0 aliphatic carbocycles. The number of likely N-dealkylation sites (N-methyl/N-ethyl adjacent to an activating group) is 1. The van der Waals surface area contributed by atoms with E-state index in [1.54, 1.807) is 48.5 Å². The molecule has 4 aromatic carbocycles. The maximum absolute atomic E-state index is 15.4. The number of benzene rings is 4. The van der Waals surface area contributed by atoms with Gasteiger partial charge in [0.1, 0.15) is 61.2 Å². The fourth-order valence-corrected chi connectivity index (χ4v) is 6.81. The van der Waals surface area contributed by atoms with Crippen molar-refractivity contribution in [3.05, 3.63) is 119 Å². The van der Waals surface area contributed by atoms with E-state index in [1.165, 1.54) is 26.1 Å². The summed E-state index contributed by atoms with van der Waals surface area (Å²) >= 11 is 0. The predicted molar refractivity (Wildman–Crippen MR) is 232 cm³/mol. The average Bonchev–Trinajstić information content (AvgIpc) is 3.28. The molecule has 10 N–H and O–H groups in total. The Bertz CT molecular complexity index is 2410. The third kappa shape index (κ3) is 12.2. The molecule has 5 rings (SSSR count). The van der Waals surface area contributed by atoms with Gasteiger partial charge in [-0.2, -0.15) is 5.26 Å². The van der Waals surface area contributed by atoms with Gasteiger partial charge in [-0.1, -0.05) is 42.2 Å². The minimum absolute atomic E-state index is 0.0168. The van der Waals surface area contributed by atoms with Gasteiger partial charge in [0.2, 0.25) is 23.6 Å². The van der Waals surface area contributed by atoms with Crippen LogP contribution >= 0.6 is 0 Å². The summed E-state index contributed by atoms with van der Waals surface area (Å²) in [6, 6.07) is 19.5. The molecule has 1 aliphatic heterocycles. The predicted octanol–water partition coefficient (Wildman–Crippen LogP) is 1.40. The van der Waals surface area contributed by atoms with Gasteiger partial charge in [0.05, 0.1) is 11.6 Å². The van der Waals surface area contributed by atoms with Crippen LogP contribution in [0.2, 0.25) is 0 Å². The highest BCUT2D eigenvalue weighted by atomic mass is 19.1. The zero-order chi connectivity index (χ0) is 45.5. The van der Waals surface area contributed by atoms with Gasteiger partial charge >= 0.3 is 0 Å². The summed E-state index contributed by atoms with van der Waals surface area (Å²) in [5.41, 5.74) is 20.0. The lowest BCUT2D eigenvalue weighted by Crippen LogP contribution is -2.56. The molecule has 0 saturated heterocycles. The number of nitrogens with two attached hydrogens (primary N) is 3. The molecule has 4 bridgehead atoms. The topological polar surface area (TPSA) is 257 Å². The molecular weight excluding hydrogens is 810 g/mol. The average molecular weight is 860 g/mol. The van der Waals surface area contributed by atoms with E-state index in [0.29, 0.717) is 33.8 Å². The Kier molecular flexibility index (Phi) is 16.7. The summed E-state index contributed by atoms with van der Waals surface area (Å²) in [7, 11) is 1.35. The number of hydrogen-bond acceptors (Lipinski definition) is 11. The first kappa shape index (κ1) is 46.8. The summed E-state index contributed by atoms with van der Waals surface area (Å²) in [6.07, 6.45) is -0.109. The van der Waals surface area contributed by atoms with E-state index in [0.717, 1.165) is 16.5 Å². The number of nitrogens with zero attached hydrogens (tertiary/aromatic N) is 2. The van der Waals surface area contributed by atoms with Crippen LogP contribution in [0.4, 0.5) is 4.39 Å². The van der Waals surface area contributed by atoms with Crippen molar-refractivity contribution in [1.82, 2.24) is 26.2 Å². The summed E-state index contributed by atoms with van der Waals surface area (Å²) in [4.78, 5) is 70.6. The number of amides is 5. The molecule has 0 saturated carbocycles. The SMILES string of the molecule is C[C@H]1NC(=O)[C@@H](N(C)C(=O)[C@H](CCN)NC(=O)c2ccc(C#Cc3ccccc3)cc2F)c2ccc(OCCN)c(c2)-c2cc(ccc2OCCN)C[C@@H](C(=O)NCC#N)NC1=O. The van der Waals surface area contributed by atoms with Gasteiger partial charge < -0.3 is 52.8 Å². The third-order valence-corrected chi connectivity index (χ3v) is 9.95. The molecule has 4 aromatic rings. The van der Waals surface area contributed by atoms with Crippen LogP contribution in [0.25, 0.3) is 11.1 Å². The van der Waals surface area contributed by atoms with Crippen molar-refractivity contribution in [2.75, 3.05) is 46.4 Å². The fraction of sp³-hybridized carbons (Fsp3) is 0.304. The van der Waals surface area contributed by atoms with Crippen molar-refractivity contribution in [1.29, 1.82) is 5.26 Å². The lowest BCUT2D eigenvalue weighted by atomic mass is 9.93. The van der Waals surface area contributed by atoms with Gasteiger partial charge in [0.25, 0.3) is 5.91 Å². The Morgan fingerprint density at radius 1 is 0.857 bits per heavy atom. The number of halogens is 1. The van der Waals surface area contributed by atoms with Crippen molar-refractivity contribution < 1.29 is 37.8 Å². The molecule has 0 aromatic heterocycles. The number of carbonyl (C=O) groups excluding carboxylic acids is 5. The molecule has 1 heterocycles. The van der Waals surface area contributed by atoms with Crippen LogP contribution in [0.3, 0.4) is 0 Å². The Morgan fingerprint density at radius 2 is 1.52 bits per heavy atom. The van der Waals surface area contributed by atoms with E-state index in [-0.39, 0.29) is 63.4 Å². The lowest BCUT2D eigenvalue weighted by molar-refractivity contribution is -0.141. The number of ether oxygens (including phenoxy) is 2. The van der Waals surface area contributed by atoms with Crippen LogP contribution in [-0.2, 0) is 25.6 Å². The fourth-order valence-electron chi connectivity index (χ4n) is 6.81. The molecule has 16 nitrogen and oxygen atoms in total. The molecule has 1 aliphatic rings. The molecule has 5 amide bonds. The van der Waals surface area contributed by atoms with Gasteiger partial charge in [-0.3, -0.25) is 24.0 Å². The summed E-state index contributed by atoms with van der Waals surface area (Å²) in [5.74, 6) is 1.81. The monoisotopic (exact) mass is 859 g/mol. The Hall–Kier alpha value is -7.31. The van der Waals surface area contributed by atoms with E-state index in [4.69, 9.17) is 31.9 Å². The maximum Gasteiger partial charge on any atom is 0.254 e. The second-order valence-electron chi connectivity index (χ2n) is 14.5. The van der Waals surface area contributed by atoms with Gasteiger partial charge in [-0.25, -0.2) is 4.39 Å². The van der Waals surface area contributed by atoms with Crippen LogP contribution in [0.5, 0.6) is 11.5 Å². The van der Waals surface area contributed by atoms with Gasteiger partial charge in [-0.05, 0) is 85.6 Å². The van der Waals surface area contributed by atoms with Crippen molar-refractivity contribution in [2.24, 2.45) is 17.2 Å². The smallest absolute Gasteiger partial charge is 0.254 e. The van der Waals surface area contributed by atoms with E-state index in [1.807, 2.05) is 24.3 Å². The highest BCUT2D eigenvalue weighted by molar-refractivity contribution is 5.99. The second kappa shape index (κ2) is 22.5. The molecule has 17 heteroatoms. The number of rotatable bonds is 14. The van der Waals surface area contributed by atoms with Crippen molar-refractivity contribution in [3.63, 3.8) is 0 Å². The summed E-state index contributed by atoms with van der Waals surface area (Å²) < 4.78 is 27.5. The van der Waals surface area contributed by atoms with Crippen LogP contribution in [0.1, 0.15) is 52.0 Å². The van der Waals surface area contributed by atoms with Crippen LogP contribution in [0.15, 0.2) is 84.9 Å². The summed E-state index contributed by atoms with van der Waals surface area (Å²) in [5, 5.41) is 19.5. The minimum atomic E-state index is -1.46. The van der Waals surface area contributed by atoms with E-state index >= 15 is 4.39 Å². The number of fused-ring (bicyclic) bond motifs is 5. The first-order chi connectivity index (χ1) is 30.4. The van der Waals surface area contributed by atoms with Crippen LogP contribution in [-0.4, -0.2) is 99.0 Å². The first-order valence-corrected chi connectivity index (χ1v) is 20.2. The molecule has 4 atom stereocenters. The maximum atomic E-state index is 15.4. The summed E-state index contributed by atoms with van der Waals surface area (Å²) in [6.45, 7) is 1.61. The Morgan fingerprint density at radius 3 is 2.17 bits per heavy atom. The quantitative estimate of drug-likeness (QED) is 0.0705. The normalized spacial score (nSPS) is 16.3. The zero-order valence-electron chi connectivity index (χ0n) is 34.9. The Balaban J connectivity index is 1.56. The number of carbonyl (C=O) groups is 5. The lowest BCUT2D eigenvalue weighted by Gasteiger charge is -2.32. The molecule has 63 heavy (non-hydrogen) atoms. The van der Waals surface area contributed by atoms with E-state index < -0.39 is 59.5 Å². The van der Waals surface area contributed by atoms with Crippen molar-refractivity contribution in [2.45, 2.75) is 43.9 Å². The van der Waals surface area contributed by atoms with Gasteiger partial charge in [0.15, 0.2) is 0 Å². The molecule has 0 unspecified atom stereocenters. The van der Waals surface area contributed by atoms with Gasteiger partial charge in [0, 0.05) is 48.8 Å². The Labute approximate surface area is 364 Å². The van der Waals surface area contributed by atoms with E-state index in [2.05, 4.69) is 33.1 Å². The van der Waals surface area contributed by atoms with Crippen LogP contribution < -0.4 is 47.9 Å². The van der Waals surface area contributed by atoms with Gasteiger partial charge in [-0.15, -0.1) is 0 Å². The minimum Gasteiger partial charge on any atom is -0.492 e. The first-order valence-electron chi connectivity index (χ1n) is 20.2. The molecular formula is C46H50FN9O7. The highest BCUT2D eigenvalue weighted by Crippen LogP contribution is 2.40. The van der Waals surface area contributed by atoms with E-state index in [9.17, 15) is 24.0 Å². The zero-order valence-corrected chi connectivity index (χ0v) is 34.9. The molecule has 0 radical (unpaired) electrons. The highest BCUT2D eigenvalue weighted by Gasteiger charge is 2.36.